The molecule has 4 heteroatoms. The van der Waals surface area contributed by atoms with Gasteiger partial charge in [0.1, 0.15) is 5.78 Å². The van der Waals surface area contributed by atoms with Gasteiger partial charge in [-0.2, -0.15) is 0 Å². The summed E-state index contributed by atoms with van der Waals surface area (Å²) in [4.78, 5) is 40.2. The third-order valence-corrected chi connectivity index (χ3v) is 5.98. The van der Waals surface area contributed by atoms with Gasteiger partial charge in [-0.05, 0) is 30.2 Å². The fraction of sp³-hybridized carbons (Fsp3) is 0.286. The number of ketones is 1. The van der Waals surface area contributed by atoms with Gasteiger partial charge in [0.05, 0.1) is 23.4 Å². The van der Waals surface area contributed by atoms with E-state index >= 15 is 0 Å². The van der Waals surface area contributed by atoms with Crippen molar-refractivity contribution in [3.05, 3.63) is 65.2 Å². The molecular weight excluding hydrogens is 314 g/mol. The van der Waals surface area contributed by atoms with E-state index in [2.05, 4.69) is 0 Å². The summed E-state index contributed by atoms with van der Waals surface area (Å²) in [5.74, 6) is -1.89. The molecule has 1 heterocycles. The minimum absolute atomic E-state index is 0.0943. The van der Waals surface area contributed by atoms with Crippen molar-refractivity contribution in [1.82, 2.24) is 0 Å². The van der Waals surface area contributed by atoms with Crippen molar-refractivity contribution in [2.45, 2.75) is 25.2 Å². The summed E-state index contributed by atoms with van der Waals surface area (Å²) in [6.07, 6.45) is 0.365. The molecule has 0 spiro atoms. The number of nitrogens with zero attached hydrogens (tertiary/aromatic N) is 1. The molecule has 0 N–H and O–H groups in total. The topological polar surface area (TPSA) is 54.5 Å². The summed E-state index contributed by atoms with van der Waals surface area (Å²) < 4.78 is 0. The molecule has 0 unspecified atom stereocenters. The molecule has 6 rings (SSSR count). The van der Waals surface area contributed by atoms with Crippen molar-refractivity contribution in [3.63, 3.8) is 0 Å². The number of benzene rings is 2. The van der Waals surface area contributed by atoms with E-state index in [4.69, 9.17) is 0 Å². The maximum atomic E-state index is 13.1. The molecule has 1 aliphatic heterocycles. The summed E-state index contributed by atoms with van der Waals surface area (Å²) in [5.41, 5.74) is 3.69. The molecular formula is C21H17NO3. The van der Waals surface area contributed by atoms with Gasteiger partial charge in [-0.1, -0.05) is 42.0 Å². The molecule has 0 aromatic heterocycles. The first-order chi connectivity index (χ1) is 12.1. The van der Waals surface area contributed by atoms with Gasteiger partial charge < -0.3 is 0 Å². The predicted molar refractivity (Wildman–Crippen MR) is 92.2 cm³/mol. The molecule has 3 aliphatic carbocycles. The third-order valence-electron chi connectivity index (χ3n) is 5.98. The molecule has 25 heavy (non-hydrogen) atoms. The van der Waals surface area contributed by atoms with Crippen LogP contribution in [0, 0.1) is 18.8 Å². The van der Waals surface area contributed by atoms with Crippen molar-refractivity contribution >= 4 is 23.3 Å². The SMILES string of the molecule is Cc1ccc(N2C(=O)[C@H]3[C@H](C2=O)[C@H]2C(=O)C[C@H]3c3ccccc32)cc1. The van der Waals surface area contributed by atoms with E-state index in [0.717, 1.165) is 16.7 Å². The lowest BCUT2D eigenvalue weighted by molar-refractivity contribution is -0.134. The number of amides is 2. The number of Topliss-reactive ketones (excluding diaryl/α,β-unsaturated/α-hetero) is 1. The second-order valence-electron chi connectivity index (χ2n) is 7.28. The van der Waals surface area contributed by atoms with Crippen molar-refractivity contribution in [2.75, 3.05) is 4.90 Å². The summed E-state index contributed by atoms with van der Waals surface area (Å²) >= 11 is 0. The van der Waals surface area contributed by atoms with E-state index in [1.165, 1.54) is 4.90 Å². The number of carbonyl (C=O) groups is 3. The van der Waals surface area contributed by atoms with Crippen molar-refractivity contribution in [3.8, 4) is 0 Å². The van der Waals surface area contributed by atoms with E-state index < -0.39 is 17.8 Å². The molecule has 4 aliphatic rings. The van der Waals surface area contributed by atoms with E-state index in [1.807, 2.05) is 43.3 Å². The molecule has 2 bridgehead atoms. The zero-order valence-electron chi connectivity index (χ0n) is 13.8. The van der Waals surface area contributed by atoms with Crippen LogP contribution in [0.1, 0.15) is 34.9 Å². The summed E-state index contributed by atoms with van der Waals surface area (Å²) in [6, 6.07) is 15.2. The van der Waals surface area contributed by atoms with Gasteiger partial charge in [0, 0.05) is 12.3 Å². The summed E-state index contributed by atoms with van der Waals surface area (Å²) in [5, 5.41) is 0. The predicted octanol–water partition coefficient (Wildman–Crippen LogP) is 2.95. The maximum absolute atomic E-state index is 13.1. The lowest BCUT2D eigenvalue weighted by Gasteiger charge is -2.43. The van der Waals surface area contributed by atoms with Crippen LogP contribution in [0.3, 0.4) is 0 Å². The van der Waals surface area contributed by atoms with Crippen molar-refractivity contribution in [2.24, 2.45) is 11.8 Å². The second-order valence-corrected chi connectivity index (χ2v) is 7.28. The fourth-order valence-electron chi connectivity index (χ4n) is 4.91. The number of aryl methyl sites for hydroxylation is 1. The molecule has 2 aromatic carbocycles. The molecule has 1 saturated carbocycles. The average molecular weight is 331 g/mol. The zero-order valence-corrected chi connectivity index (χ0v) is 13.8. The Morgan fingerprint density at radius 3 is 2.20 bits per heavy atom. The Hall–Kier alpha value is -2.75. The molecule has 4 atom stereocenters. The van der Waals surface area contributed by atoms with Crippen LogP contribution < -0.4 is 4.90 Å². The number of rotatable bonds is 1. The molecule has 124 valence electrons. The standard InChI is InChI=1S/C21H17NO3/c1-11-6-8-12(9-7-11)22-20(24)18-15-10-16(23)17(19(18)21(22)25)14-5-3-2-4-13(14)15/h2-9,15,17-19H,10H2,1H3/t15-,17+,18+,19+/m0/s1. The Balaban J connectivity index is 1.65. The van der Waals surface area contributed by atoms with Crippen LogP contribution in [0.4, 0.5) is 5.69 Å². The van der Waals surface area contributed by atoms with Crippen LogP contribution in [-0.4, -0.2) is 17.6 Å². The van der Waals surface area contributed by atoms with E-state index in [9.17, 15) is 14.4 Å². The third kappa shape index (κ3) is 1.79. The number of hydrogen-bond donors (Lipinski definition) is 0. The number of anilines is 1. The molecule has 4 nitrogen and oxygen atoms in total. The Morgan fingerprint density at radius 2 is 1.48 bits per heavy atom. The molecule has 2 aromatic rings. The van der Waals surface area contributed by atoms with Gasteiger partial charge in [-0.3, -0.25) is 19.3 Å². The van der Waals surface area contributed by atoms with Gasteiger partial charge in [0.15, 0.2) is 0 Å². The van der Waals surface area contributed by atoms with Crippen LogP contribution in [-0.2, 0) is 14.4 Å². The van der Waals surface area contributed by atoms with E-state index in [-0.39, 0.29) is 23.5 Å². The number of imide groups is 1. The zero-order chi connectivity index (χ0) is 17.3. The molecule has 1 saturated heterocycles. The van der Waals surface area contributed by atoms with E-state index in [0.29, 0.717) is 12.1 Å². The molecule has 0 radical (unpaired) electrons. The van der Waals surface area contributed by atoms with Gasteiger partial charge in [-0.25, -0.2) is 0 Å². The smallest absolute Gasteiger partial charge is 0.238 e. The first-order valence-corrected chi connectivity index (χ1v) is 8.64. The van der Waals surface area contributed by atoms with Crippen molar-refractivity contribution in [1.29, 1.82) is 0 Å². The maximum Gasteiger partial charge on any atom is 0.238 e. The van der Waals surface area contributed by atoms with Crippen LogP contribution in [0.15, 0.2) is 48.5 Å². The molecule has 2 amide bonds. The van der Waals surface area contributed by atoms with Gasteiger partial charge >= 0.3 is 0 Å². The summed E-state index contributed by atoms with van der Waals surface area (Å²) in [7, 11) is 0. The fourth-order valence-corrected chi connectivity index (χ4v) is 4.91. The summed E-state index contributed by atoms with van der Waals surface area (Å²) in [6.45, 7) is 1.96. The lowest BCUT2D eigenvalue weighted by Crippen LogP contribution is -2.44. The highest BCUT2D eigenvalue weighted by molar-refractivity contribution is 6.24. The Labute approximate surface area is 145 Å². The first-order valence-electron chi connectivity index (χ1n) is 8.64. The monoisotopic (exact) mass is 331 g/mol. The van der Waals surface area contributed by atoms with Crippen LogP contribution in [0.2, 0.25) is 0 Å². The quantitative estimate of drug-likeness (QED) is 0.755. The van der Waals surface area contributed by atoms with Crippen LogP contribution >= 0.6 is 0 Å². The lowest BCUT2D eigenvalue weighted by atomic mass is 9.56. The van der Waals surface area contributed by atoms with Gasteiger partial charge in [0.2, 0.25) is 11.8 Å². The highest BCUT2D eigenvalue weighted by Gasteiger charge is 2.62. The second kappa shape index (κ2) is 4.88. The molecule has 2 fully saturated rings. The van der Waals surface area contributed by atoms with E-state index in [1.54, 1.807) is 12.1 Å². The first kappa shape index (κ1) is 14.6. The Morgan fingerprint density at radius 1 is 0.840 bits per heavy atom. The number of carbonyl (C=O) groups excluding carboxylic acids is 3. The number of fused-ring (bicyclic) bond motifs is 1. The van der Waals surface area contributed by atoms with Gasteiger partial charge in [-0.15, -0.1) is 0 Å². The minimum atomic E-state index is -0.546. The average Bonchev–Trinajstić information content (AvgIpc) is 2.88. The highest BCUT2D eigenvalue weighted by atomic mass is 16.2. The largest absolute Gasteiger partial charge is 0.299 e. The van der Waals surface area contributed by atoms with Gasteiger partial charge in [0.25, 0.3) is 0 Å². The van der Waals surface area contributed by atoms with Crippen LogP contribution in [0.25, 0.3) is 0 Å². The Kier molecular flexibility index (Phi) is 2.85. The van der Waals surface area contributed by atoms with Crippen LogP contribution in [0.5, 0.6) is 0 Å². The highest BCUT2D eigenvalue weighted by Crippen LogP contribution is 2.57. The minimum Gasteiger partial charge on any atom is -0.299 e. The van der Waals surface area contributed by atoms with Crippen molar-refractivity contribution < 1.29 is 14.4 Å². The Bertz CT molecular complexity index is 930. The normalized spacial score (nSPS) is 29.8. The number of hydrogen-bond acceptors (Lipinski definition) is 3.